The first-order valence-corrected chi connectivity index (χ1v) is 24.1. The van der Waals surface area contributed by atoms with E-state index < -0.39 is 0 Å². The first-order chi connectivity index (χ1) is 35.1. The number of nitrogens with zero attached hydrogens (tertiary/aromatic N) is 2. The van der Waals surface area contributed by atoms with Crippen LogP contribution in [0.2, 0.25) is 0 Å². The number of fused-ring (bicyclic) bond motifs is 4. The van der Waals surface area contributed by atoms with Crippen molar-refractivity contribution in [3.05, 3.63) is 305 Å². The zero-order valence-corrected chi connectivity index (χ0v) is 40.2. The second-order valence-corrected chi connectivity index (χ2v) is 17.0. The minimum absolute atomic E-state index is 1.11. The van der Waals surface area contributed by atoms with Gasteiger partial charge in [0, 0.05) is 33.5 Å². The van der Waals surface area contributed by atoms with Crippen LogP contribution >= 0.6 is 0 Å². The van der Waals surface area contributed by atoms with Crippen LogP contribution in [0.1, 0.15) is 6.92 Å². The molecule has 0 fully saturated rings. The summed E-state index contributed by atoms with van der Waals surface area (Å²) in [4.78, 5) is 2.33. The Balaban J connectivity index is 0.000000514. The summed E-state index contributed by atoms with van der Waals surface area (Å²) in [5, 5.41) is 4.97. The number of allylic oxidation sites excluding steroid dienone is 7. The predicted molar refractivity (Wildman–Crippen MR) is 309 cm³/mol. The minimum Gasteiger partial charge on any atom is -0.311 e. The maximum Gasteiger partial charge on any atom is 0.0541 e. The topological polar surface area (TPSA) is 8.17 Å². The summed E-state index contributed by atoms with van der Waals surface area (Å²) in [6.07, 6.45) is 12.6. The predicted octanol–water partition coefficient (Wildman–Crippen LogP) is 19.7. The Hall–Kier alpha value is -9.24. The van der Waals surface area contributed by atoms with Gasteiger partial charge in [-0.05, 0) is 129 Å². The molecule has 0 saturated carbocycles. The van der Waals surface area contributed by atoms with E-state index in [1.165, 1.54) is 77.1 Å². The van der Waals surface area contributed by atoms with Gasteiger partial charge in [0.2, 0.25) is 0 Å². The van der Waals surface area contributed by atoms with E-state index in [4.69, 9.17) is 0 Å². The van der Waals surface area contributed by atoms with Gasteiger partial charge < -0.3 is 9.47 Å². The van der Waals surface area contributed by atoms with Crippen molar-refractivity contribution in [2.45, 2.75) is 6.92 Å². The Labute approximate surface area is 419 Å². The third-order valence-corrected chi connectivity index (χ3v) is 12.5. The van der Waals surface area contributed by atoms with Crippen molar-refractivity contribution in [1.82, 2.24) is 4.57 Å². The fourth-order valence-electron chi connectivity index (χ4n) is 9.21. The molecule has 0 N–H and O–H groups in total. The highest BCUT2D eigenvalue weighted by Gasteiger charge is 2.17. The molecule has 0 aliphatic heterocycles. The monoisotopic (exact) mass is 912 g/mol. The van der Waals surface area contributed by atoms with Crippen LogP contribution in [0, 0.1) is 0 Å². The molecule has 1 heterocycles. The van der Waals surface area contributed by atoms with Crippen molar-refractivity contribution in [3.63, 3.8) is 0 Å². The summed E-state index contributed by atoms with van der Waals surface area (Å²) < 4.78 is 2.40. The molecule has 0 bridgehead atoms. The van der Waals surface area contributed by atoms with Gasteiger partial charge in [-0.25, -0.2) is 0 Å². The summed E-state index contributed by atoms with van der Waals surface area (Å²) in [7, 11) is 0. The molecule has 0 spiro atoms. The standard InChI is InChI=1S/C58H40N2.C6H8.C5H8/c1-4-14-41(15-5-1)43-26-33-48(34-27-43)59(47-18-8-3-9-19-47)49-37-30-45(31-38-49)51-21-12-24-54-52(22-13-23-53(51)54)46-32-39-58-56(40-46)55-20-10-11-25-57(55)60(58)50-35-28-44(29-36-50)42-16-6-2-7-17-42;1-3-5-6-4-2;1-3-5-4-2/h1-40H;3-6H,1-2H2;3-5H,1H2,2H3/b;6-5-;5-4-. The number of rotatable bonds is 11. The lowest BCUT2D eigenvalue weighted by Crippen LogP contribution is -2.09. The van der Waals surface area contributed by atoms with Gasteiger partial charge in [0.05, 0.1) is 11.0 Å². The molecule has 2 nitrogen and oxygen atoms in total. The van der Waals surface area contributed by atoms with Crippen LogP contribution < -0.4 is 4.90 Å². The summed E-state index contributed by atoms with van der Waals surface area (Å²) in [6.45, 7) is 12.4. The second kappa shape index (κ2) is 22.7. The average molecular weight is 913 g/mol. The SMILES string of the molecule is C=C/C=C\C.C=C/C=C\C=C.c1ccc(-c2ccc(N(c3ccccc3)c3ccc(-c4cccc5c(-c6ccc7c(c6)c6ccccc6n7-c6ccc(-c7ccccc7)cc6)cccc45)cc3)cc2)cc1. The maximum atomic E-state index is 3.46. The van der Waals surface area contributed by atoms with E-state index in [1.54, 1.807) is 18.2 Å². The smallest absolute Gasteiger partial charge is 0.0541 e. The lowest BCUT2D eigenvalue weighted by molar-refractivity contribution is 1.18. The maximum absolute atomic E-state index is 3.46. The molecule has 0 atom stereocenters. The molecule has 11 aromatic rings. The van der Waals surface area contributed by atoms with Crippen LogP contribution in [0.15, 0.2) is 305 Å². The van der Waals surface area contributed by atoms with Gasteiger partial charge in [-0.15, -0.1) is 0 Å². The summed E-state index contributed by atoms with van der Waals surface area (Å²) in [6, 6.07) is 87.7. The van der Waals surface area contributed by atoms with Crippen molar-refractivity contribution in [3.8, 4) is 50.2 Å². The number of hydrogen-bond donors (Lipinski definition) is 0. The largest absolute Gasteiger partial charge is 0.311 e. The number of aromatic nitrogens is 1. The highest BCUT2D eigenvalue weighted by Crippen LogP contribution is 2.41. The fraction of sp³-hybridized carbons (Fsp3) is 0.0145. The van der Waals surface area contributed by atoms with Gasteiger partial charge in [-0.3, -0.25) is 0 Å². The molecule has 71 heavy (non-hydrogen) atoms. The summed E-state index contributed by atoms with van der Waals surface area (Å²) in [5.74, 6) is 0. The number of anilines is 3. The Morgan fingerprint density at radius 3 is 1.25 bits per heavy atom. The van der Waals surface area contributed by atoms with E-state index in [1.807, 2.05) is 31.2 Å². The molecule has 342 valence electrons. The third-order valence-electron chi connectivity index (χ3n) is 12.5. The molecule has 0 saturated heterocycles. The van der Waals surface area contributed by atoms with Crippen molar-refractivity contribution < 1.29 is 0 Å². The first-order valence-electron chi connectivity index (χ1n) is 24.1. The fourth-order valence-corrected chi connectivity index (χ4v) is 9.21. The van der Waals surface area contributed by atoms with E-state index in [-0.39, 0.29) is 0 Å². The zero-order valence-electron chi connectivity index (χ0n) is 40.2. The van der Waals surface area contributed by atoms with Gasteiger partial charge in [0.1, 0.15) is 0 Å². The Kier molecular flexibility index (Phi) is 15.0. The Bertz CT molecular complexity index is 3590. The molecule has 0 amide bonds. The van der Waals surface area contributed by atoms with Crippen molar-refractivity contribution in [2.75, 3.05) is 4.90 Å². The van der Waals surface area contributed by atoms with Crippen LogP contribution in [0.5, 0.6) is 0 Å². The van der Waals surface area contributed by atoms with E-state index in [0.717, 1.165) is 22.7 Å². The van der Waals surface area contributed by atoms with Gasteiger partial charge in [-0.2, -0.15) is 0 Å². The number of hydrogen-bond acceptors (Lipinski definition) is 1. The van der Waals surface area contributed by atoms with Gasteiger partial charge in [0.15, 0.2) is 0 Å². The lowest BCUT2D eigenvalue weighted by atomic mass is 9.92. The highest BCUT2D eigenvalue weighted by molar-refractivity contribution is 6.12. The molecule has 0 aliphatic carbocycles. The molecular weight excluding hydrogens is 857 g/mol. The summed E-state index contributed by atoms with van der Waals surface area (Å²) in [5.41, 5.74) is 16.6. The molecule has 10 aromatic carbocycles. The quantitative estimate of drug-likeness (QED) is 0.117. The van der Waals surface area contributed by atoms with E-state index in [2.05, 4.69) is 272 Å². The molecule has 2 heteroatoms. The van der Waals surface area contributed by atoms with Crippen molar-refractivity contribution in [2.24, 2.45) is 0 Å². The minimum atomic E-state index is 1.11. The van der Waals surface area contributed by atoms with Crippen LogP contribution in [0.25, 0.3) is 82.8 Å². The highest BCUT2D eigenvalue weighted by atomic mass is 15.1. The van der Waals surface area contributed by atoms with Gasteiger partial charge in [0.25, 0.3) is 0 Å². The molecule has 11 rings (SSSR count). The van der Waals surface area contributed by atoms with E-state index in [9.17, 15) is 0 Å². The molecule has 0 unspecified atom stereocenters. The molecule has 0 radical (unpaired) electrons. The number of para-hydroxylation sites is 2. The second-order valence-electron chi connectivity index (χ2n) is 17.0. The Morgan fingerprint density at radius 1 is 0.324 bits per heavy atom. The molecular formula is C69H56N2. The average Bonchev–Trinajstić information content (AvgIpc) is 3.78. The van der Waals surface area contributed by atoms with Crippen LogP contribution in [0.3, 0.4) is 0 Å². The van der Waals surface area contributed by atoms with E-state index in [0.29, 0.717) is 0 Å². The van der Waals surface area contributed by atoms with Gasteiger partial charge >= 0.3 is 0 Å². The summed E-state index contributed by atoms with van der Waals surface area (Å²) >= 11 is 0. The Morgan fingerprint density at radius 2 is 0.732 bits per heavy atom. The van der Waals surface area contributed by atoms with Crippen LogP contribution in [0.4, 0.5) is 17.1 Å². The first kappa shape index (κ1) is 46.9. The van der Waals surface area contributed by atoms with Crippen LogP contribution in [-0.4, -0.2) is 4.57 Å². The zero-order chi connectivity index (χ0) is 48.8. The lowest BCUT2D eigenvalue weighted by Gasteiger charge is -2.26. The normalized spacial score (nSPS) is 10.9. The number of benzene rings is 10. The van der Waals surface area contributed by atoms with Crippen LogP contribution in [-0.2, 0) is 0 Å². The van der Waals surface area contributed by atoms with Crippen molar-refractivity contribution >= 4 is 49.6 Å². The van der Waals surface area contributed by atoms with E-state index >= 15 is 0 Å². The molecule has 0 aliphatic rings. The van der Waals surface area contributed by atoms with Gasteiger partial charge in [-0.1, -0.05) is 238 Å². The molecule has 1 aromatic heterocycles. The third kappa shape index (κ3) is 10.4. The van der Waals surface area contributed by atoms with Crippen molar-refractivity contribution in [1.29, 1.82) is 0 Å².